The number of hydrogen-bond acceptors (Lipinski definition) is 7. The summed E-state index contributed by atoms with van der Waals surface area (Å²) >= 11 is 0. The standard InChI is InChI=1S/C29H33N9/c1-18(2)13-19(3)32-21-14-20(16-30-17-21)23-5-6-25-27(34-23)28(36-35-25)26-15-22-24(33-26)7-8-31-29(22)38-11-9-37(4)10-12-38/h5-8,14-18,32-33H,3,9-13H2,1-2,4H3,(H,35,36). The number of fused-ring (bicyclic) bond motifs is 2. The summed E-state index contributed by atoms with van der Waals surface area (Å²) in [6.45, 7) is 12.5. The van der Waals surface area contributed by atoms with Crippen LogP contribution in [0, 0.1) is 5.92 Å². The second kappa shape index (κ2) is 9.90. The van der Waals surface area contributed by atoms with E-state index in [2.05, 4.69) is 74.9 Å². The van der Waals surface area contributed by atoms with E-state index >= 15 is 0 Å². The number of aromatic nitrogens is 6. The number of piperazine rings is 1. The smallest absolute Gasteiger partial charge is 0.138 e. The number of H-pyrrole nitrogens is 2. The van der Waals surface area contributed by atoms with Crippen LogP contribution in [0.25, 0.3) is 44.6 Å². The lowest BCUT2D eigenvalue weighted by Gasteiger charge is -2.33. The molecule has 3 N–H and O–H groups in total. The zero-order valence-electron chi connectivity index (χ0n) is 22.1. The molecule has 0 bridgehead atoms. The lowest BCUT2D eigenvalue weighted by Crippen LogP contribution is -2.44. The van der Waals surface area contributed by atoms with E-state index in [9.17, 15) is 0 Å². The van der Waals surface area contributed by atoms with Crippen molar-refractivity contribution in [3.8, 4) is 22.6 Å². The Balaban J connectivity index is 1.34. The van der Waals surface area contributed by atoms with Crippen molar-refractivity contribution in [2.24, 2.45) is 5.92 Å². The highest BCUT2D eigenvalue weighted by atomic mass is 15.3. The van der Waals surface area contributed by atoms with Crippen molar-refractivity contribution in [1.82, 2.24) is 35.0 Å². The molecule has 6 rings (SSSR count). The second-order valence-corrected chi connectivity index (χ2v) is 10.5. The Morgan fingerprint density at radius 1 is 1.08 bits per heavy atom. The van der Waals surface area contributed by atoms with Crippen molar-refractivity contribution < 1.29 is 0 Å². The summed E-state index contributed by atoms with van der Waals surface area (Å²) in [5.74, 6) is 1.55. The first-order valence-electron chi connectivity index (χ1n) is 13.1. The molecule has 0 spiro atoms. The van der Waals surface area contributed by atoms with Crippen molar-refractivity contribution in [3.63, 3.8) is 0 Å². The van der Waals surface area contributed by atoms with E-state index in [1.165, 1.54) is 0 Å². The fourth-order valence-corrected chi connectivity index (χ4v) is 5.08. The lowest BCUT2D eigenvalue weighted by atomic mass is 10.1. The summed E-state index contributed by atoms with van der Waals surface area (Å²) in [5, 5.41) is 12.3. The van der Waals surface area contributed by atoms with Crippen LogP contribution in [0.4, 0.5) is 11.5 Å². The van der Waals surface area contributed by atoms with Crippen molar-refractivity contribution in [2.75, 3.05) is 43.4 Å². The summed E-state index contributed by atoms with van der Waals surface area (Å²) in [7, 11) is 2.16. The molecule has 5 aromatic rings. The van der Waals surface area contributed by atoms with Crippen molar-refractivity contribution in [3.05, 3.63) is 61.2 Å². The van der Waals surface area contributed by atoms with Crippen molar-refractivity contribution in [2.45, 2.75) is 20.3 Å². The predicted octanol–water partition coefficient (Wildman–Crippen LogP) is 5.29. The van der Waals surface area contributed by atoms with Gasteiger partial charge in [-0.1, -0.05) is 20.4 Å². The van der Waals surface area contributed by atoms with Gasteiger partial charge in [-0.25, -0.2) is 9.97 Å². The summed E-state index contributed by atoms with van der Waals surface area (Å²) in [6.07, 6.45) is 6.43. The fraction of sp³-hybridized carbons (Fsp3) is 0.310. The maximum atomic E-state index is 5.01. The van der Waals surface area contributed by atoms with Crippen molar-refractivity contribution in [1.29, 1.82) is 0 Å². The average Bonchev–Trinajstić information content (AvgIpc) is 3.52. The first-order valence-corrected chi connectivity index (χ1v) is 13.1. The van der Waals surface area contributed by atoms with Crippen LogP contribution < -0.4 is 10.2 Å². The Labute approximate surface area is 222 Å². The maximum absolute atomic E-state index is 5.01. The molecule has 5 aromatic heterocycles. The van der Waals surface area contributed by atoms with Crippen LogP contribution in [-0.2, 0) is 0 Å². The number of aromatic amines is 2. The molecule has 0 radical (unpaired) electrons. The molecule has 1 fully saturated rings. The number of likely N-dealkylation sites (N-methyl/N-ethyl adjacent to an activating group) is 1. The molecule has 194 valence electrons. The highest BCUT2D eigenvalue weighted by molar-refractivity contribution is 5.98. The Hall–Kier alpha value is -4.24. The van der Waals surface area contributed by atoms with Gasteiger partial charge in [0.2, 0.25) is 0 Å². The van der Waals surface area contributed by atoms with Gasteiger partial charge in [-0.2, -0.15) is 5.10 Å². The lowest BCUT2D eigenvalue weighted by molar-refractivity contribution is 0.312. The van der Waals surface area contributed by atoms with Gasteiger partial charge in [0, 0.05) is 55.2 Å². The molecule has 0 aromatic carbocycles. The minimum absolute atomic E-state index is 0.535. The van der Waals surface area contributed by atoms with Crippen LogP contribution in [0.3, 0.4) is 0 Å². The predicted molar refractivity (Wildman–Crippen MR) is 154 cm³/mol. The van der Waals surface area contributed by atoms with E-state index in [1.54, 1.807) is 0 Å². The van der Waals surface area contributed by atoms with Crippen LogP contribution in [0.15, 0.2) is 61.2 Å². The third-order valence-corrected chi connectivity index (χ3v) is 7.00. The molecule has 0 unspecified atom stereocenters. The van der Waals surface area contributed by atoms with E-state index in [0.29, 0.717) is 5.92 Å². The van der Waals surface area contributed by atoms with Crippen molar-refractivity contribution >= 4 is 33.4 Å². The van der Waals surface area contributed by atoms with Crippen LogP contribution >= 0.6 is 0 Å². The Morgan fingerprint density at radius 2 is 1.92 bits per heavy atom. The molecule has 38 heavy (non-hydrogen) atoms. The highest BCUT2D eigenvalue weighted by Gasteiger charge is 2.20. The molecule has 9 heteroatoms. The number of allylic oxidation sites excluding steroid dienone is 1. The van der Waals surface area contributed by atoms with Gasteiger partial charge in [0.25, 0.3) is 0 Å². The van der Waals surface area contributed by atoms with E-state index in [0.717, 1.165) is 94.4 Å². The van der Waals surface area contributed by atoms with Gasteiger partial charge in [0.15, 0.2) is 0 Å². The molecule has 9 nitrogen and oxygen atoms in total. The highest BCUT2D eigenvalue weighted by Crippen LogP contribution is 2.33. The zero-order valence-corrected chi connectivity index (χ0v) is 22.1. The fourth-order valence-electron chi connectivity index (χ4n) is 5.08. The largest absolute Gasteiger partial charge is 0.358 e. The number of anilines is 2. The zero-order chi connectivity index (χ0) is 26.2. The summed E-state index contributed by atoms with van der Waals surface area (Å²) in [5.41, 5.74) is 8.08. The maximum Gasteiger partial charge on any atom is 0.138 e. The third-order valence-electron chi connectivity index (χ3n) is 7.00. The molecule has 6 heterocycles. The summed E-state index contributed by atoms with van der Waals surface area (Å²) in [6, 6.07) is 10.2. The average molecular weight is 508 g/mol. The molecule has 0 atom stereocenters. The van der Waals surface area contributed by atoms with E-state index < -0.39 is 0 Å². The molecule has 0 saturated carbocycles. The third kappa shape index (κ3) is 4.72. The Kier molecular flexibility index (Phi) is 6.29. The van der Waals surface area contributed by atoms with Gasteiger partial charge < -0.3 is 20.1 Å². The molecule has 0 amide bonds. The normalized spacial score (nSPS) is 14.6. The van der Waals surface area contributed by atoms with E-state index in [1.807, 2.05) is 36.8 Å². The molecule has 1 saturated heterocycles. The monoisotopic (exact) mass is 507 g/mol. The number of nitrogens with zero attached hydrogens (tertiary/aromatic N) is 6. The van der Waals surface area contributed by atoms with Crippen LogP contribution in [0.1, 0.15) is 20.3 Å². The van der Waals surface area contributed by atoms with Gasteiger partial charge in [0.1, 0.15) is 17.0 Å². The quantitative estimate of drug-likeness (QED) is 0.275. The first-order chi connectivity index (χ1) is 18.4. The van der Waals surface area contributed by atoms with Gasteiger partial charge in [-0.3, -0.25) is 10.1 Å². The van der Waals surface area contributed by atoms with E-state index in [-0.39, 0.29) is 0 Å². The van der Waals surface area contributed by atoms with E-state index in [4.69, 9.17) is 9.97 Å². The Bertz CT molecular complexity index is 1610. The van der Waals surface area contributed by atoms with Crippen LogP contribution in [-0.4, -0.2) is 68.3 Å². The molecule has 1 aliphatic heterocycles. The number of nitrogens with one attached hydrogen (secondary N) is 3. The minimum Gasteiger partial charge on any atom is -0.358 e. The molecule has 1 aliphatic rings. The SMILES string of the molecule is C=C(CC(C)C)Nc1cncc(-c2ccc3[nH]nc(-c4cc5c(N6CCN(C)CC6)nccc5[nH]4)c3n2)c1. The second-order valence-electron chi connectivity index (χ2n) is 10.5. The number of hydrogen-bond donors (Lipinski definition) is 3. The van der Waals surface area contributed by atoms with Gasteiger partial charge in [-0.15, -0.1) is 0 Å². The van der Waals surface area contributed by atoms with Crippen LogP contribution in [0.2, 0.25) is 0 Å². The summed E-state index contributed by atoms with van der Waals surface area (Å²) < 4.78 is 0. The van der Waals surface area contributed by atoms with Gasteiger partial charge >= 0.3 is 0 Å². The molecule has 0 aliphatic carbocycles. The molecular weight excluding hydrogens is 474 g/mol. The number of pyridine rings is 3. The van der Waals surface area contributed by atoms with Gasteiger partial charge in [-0.05, 0) is 49.7 Å². The topological polar surface area (TPSA) is 102 Å². The summed E-state index contributed by atoms with van der Waals surface area (Å²) in [4.78, 5) is 22.4. The first kappa shape index (κ1) is 24.1. The van der Waals surface area contributed by atoms with Gasteiger partial charge in [0.05, 0.1) is 34.3 Å². The Morgan fingerprint density at radius 3 is 2.74 bits per heavy atom. The molecular formula is C29H33N9. The van der Waals surface area contributed by atoms with Crippen LogP contribution in [0.5, 0.6) is 0 Å². The minimum atomic E-state index is 0.535. The number of rotatable bonds is 7.